The lowest BCUT2D eigenvalue weighted by atomic mass is 9.80. The molecule has 7 heteroatoms. The van der Waals surface area contributed by atoms with Gasteiger partial charge in [0, 0.05) is 6.42 Å². The van der Waals surface area contributed by atoms with Gasteiger partial charge in [-0.25, -0.2) is 0 Å². The van der Waals surface area contributed by atoms with Crippen LogP contribution in [-0.4, -0.2) is 72.0 Å². The molecule has 0 aliphatic rings. The average molecular weight is 579 g/mol. The monoisotopic (exact) mass is 578 g/mol. The normalized spacial score (nSPS) is 11.5. The predicted octanol–water partition coefficient (Wildman–Crippen LogP) is 6.19. The van der Waals surface area contributed by atoms with Crippen LogP contribution in [0.2, 0.25) is 0 Å². The zero-order chi connectivity index (χ0) is 29.6. The zero-order valence-corrected chi connectivity index (χ0v) is 24.9. The number of rotatable bonds is 23. The van der Waals surface area contributed by atoms with Crippen LogP contribution >= 0.6 is 0 Å². The van der Waals surface area contributed by atoms with Crippen LogP contribution in [0.25, 0.3) is 0 Å². The minimum absolute atomic E-state index is 0.156. The predicted molar refractivity (Wildman–Crippen MR) is 164 cm³/mol. The van der Waals surface area contributed by atoms with Crippen molar-refractivity contribution >= 4 is 5.97 Å². The van der Waals surface area contributed by atoms with Crippen LogP contribution in [-0.2, 0) is 38.8 Å². The van der Waals surface area contributed by atoms with Crippen LogP contribution < -0.4 is 0 Å². The molecule has 228 valence electrons. The van der Waals surface area contributed by atoms with Gasteiger partial charge in [-0.05, 0) is 23.1 Å². The summed E-state index contributed by atoms with van der Waals surface area (Å²) in [5.74, 6) is -0.156. The first kappa shape index (κ1) is 33.4. The highest BCUT2D eigenvalue weighted by Crippen LogP contribution is 2.40. The Bertz CT molecular complexity index is 980. The van der Waals surface area contributed by atoms with E-state index in [0.29, 0.717) is 65.9 Å². The van der Waals surface area contributed by atoms with Crippen molar-refractivity contribution in [1.82, 2.24) is 0 Å². The van der Waals surface area contributed by atoms with Gasteiger partial charge in [0.1, 0.15) is 12.2 Å². The molecule has 0 atom stereocenters. The standard InChI is InChI=1S/C35H46O7/c1-2-3-7-20-34(36)41-29-27-39-25-23-37-21-22-38-24-26-40-28-30-42-35(31-14-8-4-9-15-31,32-16-10-5-11-17-32)33-18-12-6-13-19-33/h4-6,8-19H,2-3,7,20-30H2,1H3. The number of unbranched alkanes of at least 4 members (excludes halogenated alkanes) is 2. The molecule has 0 aromatic heterocycles. The van der Waals surface area contributed by atoms with Gasteiger partial charge in [-0.1, -0.05) is 111 Å². The molecule has 7 nitrogen and oxygen atoms in total. The molecule has 0 aliphatic heterocycles. The minimum Gasteiger partial charge on any atom is -0.463 e. The van der Waals surface area contributed by atoms with Gasteiger partial charge in [0.05, 0.1) is 59.5 Å². The third-order valence-electron chi connectivity index (χ3n) is 6.68. The molecule has 3 rings (SSSR count). The summed E-state index contributed by atoms with van der Waals surface area (Å²) in [6, 6.07) is 30.9. The van der Waals surface area contributed by atoms with E-state index < -0.39 is 5.60 Å². The Kier molecular flexibility index (Phi) is 16.5. The van der Waals surface area contributed by atoms with E-state index >= 15 is 0 Å². The van der Waals surface area contributed by atoms with E-state index in [9.17, 15) is 4.79 Å². The van der Waals surface area contributed by atoms with Gasteiger partial charge in [-0.15, -0.1) is 0 Å². The summed E-state index contributed by atoms with van der Waals surface area (Å²) in [5.41, 5.74) is 2.45. The molecule has 3 aromatic rings. The van der Waals surface area contributed by atoms with E-state index in [4.69, 9.17) is 28.4 Å². The maximum absolute atomic E-state index is 11.5. The molecule has 3 aromatic carbocycles. The second-order valence-corrected chi connectivity index (χ2v) is 9.75. The Morgan fingerprint density at radius 3 is 1.31 bits per heavy atom. The Morgan fingerprint density at radius 1 is 0.524 bits per heavy atom. The summed E-state index contributed by atoms with van der Waals surface area (Å²) in [6.07, 6.45) is 3.50. The Labute approximate surface area is 251 Å². The molecule has 0 spiro atoms. The summed E-state index contributed by atoms with van der Waals surface area (Å²) >= 11 is 0. The Hall–Kier alpha value is -3.07. The molecule has 0 unspecified atom stereocenters. The molecule has 0 heterocycles. The average Bonchev–Trinajstić information content (AvgIpc) is 3.04. The van der Waals surface area contributed by atoms with Crippen molar-refractivity contribution < 1.29 is 33.2 Å². The summed E-state index contributed by atoms with van der Waals surface area (Å²) in [7, 11) is 0. The highest BCUT2D eigenvalue weighted by molar-refractivity contribution is 5.69. The molecular formula is C35H46O7. The van der Waals surface area contributed by atoms with Crippen molar-refractivity contribution in [2.45, 2.75) is 38.2 Å². The molecule has 0 amide bonds. The highest BCUT2D eigenvalue weighted by atomic mass is 16.6. The van der Waals surface area contributed by atoms with E-state index in [-0.39, 0.29) is 12.6 Å². The number of carbonyl (C=O) groups excluding carboxylic acids is 1. The van der Waals surface area contributed by atoms with Gasteiger partial charge >= 0.3 is 5.97 Å². The molecular weight excluding hydrogens is 532 g/mol. The quantitative estimate of drug-likeness (QED) is 0.0755. The van der Waals surface area contributed by atoms with E-state index in [1.807, 2.05) is 54.6 Å². The lowest BCUT2D eigenvalue weighted by molar-refractivity contribution is -0.145. The molecule has 0 fully saturated rings. The number of benzene rings is 3. The van der Waals surface area contributed by atoms with Gasteiger partial charge in [-0.3, -0.25) is 4.79 Å². The first-order chi connectivity index (χ1) is 20.8. The largest absolute Gasteiger partial charge is 0.463 e. The van der Waals surface area contributed by atoms with Crippen LogP contribution in [0.5, 0.6) is 0 Å². The summed E-state index contributed by atoms with van der Waals surface area (Å²) < 4.78 is 34.2. The molecule has 0 aliphatic carbocycles. The zero-order valence-electron chi connectivity index (χ0n) is 24.9. The minimum atomic E-state index is -0.747. The van der Waals surface area contributed by atoms with E-state index in [2.05, 4.69) is 43.3 Å². The second-order valence-electron chi connectivity index (χ2n) is 9.75. The number of ether oxygens (including phenoxy) is 6. The maximum atomic E-state index is 11.5. The van der Waals surface area contributed by atoms with E-state index in [1.54, 1.807) is 0 Å². The van der Waals surface area contributed by atoms with Gasteiger partial charge < -0.3 is 28.4 Å². The molecule has 0 bridgehead atoms. The molecule has 0 N–H and O–H groups in total. The van der Waals surface area contributed by atoms with Crippen molar-refractivity contribution in [3.05, 3.63) is 108 Å². The molecule has 0 radical (unpaired) electrons. The lowest BCUT2D eigenvalue weighted by Gasteiger charge is -2.36. The van der Waals surface area contributed by atoms with E-state index in [1.165, 1.54) is 0 Å². The fourth-order valence-corrected chi connectivity index (χ4v) is 4.59. The summed E-state index contributed by atoms with van der Waals surface area (Å²) in [4.78, 5) is 11.5. The van der Waals surface area contributed by atoms with Crippen LogP contribution in [0.1, 0.15) is 49.3 Å². The topological polar surface area (TPSA) is 72.5 Å². The third-order valence-corrected chi connectivity index (χ3v) is 6.68. The Balaban J connectivity index is 1.28. The van der Waals surface area contributed by atoms with Gasteiger partial charge in [0.2, 0.25) is 0 Å². The smallest absolute Gasteiger partial charge is 0.305 e. The van der Waals surface area contributed by atoms with Crippen molar-refractivity contribution in [2.24, 2.45) is 0 Å². The van der Waals surface area contributed by atoms with E-state index in [0.717, 1.165) is 36.0 Å². The Morgan fingerprint density at radius 2 is 0.905 bits per heavy atom. The number of esters is 1. The summed E-state index contributed by atoms with van der Waals surface area (Å²) in [5, 5.41) is 0. The van der Waals surface area contributed by atoms with Gasteiger partial charge in [-0.2, -0.15) is 0 Å². The van der Waals surface area contributed by atoms with Crippen molar-refractivity contribution in [1.29, 1.82) is 0 Å². The maximum Gasteiger partial charge on any atom is 0.305 e. The SMILES string of the molecule is CCCCCC(=O)OCCOCCOCCOCCOCCOC(c1ccccc1)(c1ccccc1)c1ccccc1. The second kappa shape index (κ2) is 20.8. The lowest BCUT2D eigenvalue weighted by Crippen LogP contribution is -2.34. The van der Waals surface area contributed by atoms with Crippen LogP contribution in [0.3, 0.4) is 0 Å². The fraction of sp³-hybridized carbons (Fsp3) is 0.457. The number of hydrogen-bond acceptors (Lipinski definition) is 7. The number of hydrogen-bond donors (Lipinski definition) is 0. The van der Waals surface area contributed by atoms with Gasteiger partial charge in [0.25, 0.3) is 0 Å². The van der Waals surface area contributed by atoms with Crippen molar-refractivity contribution in [2.75, 3.05) is 66.1 Å². The highest BCUT2D eigenvalue weighted by Gasteiger charge is 2.37. The first-order valence-electron chi connectivity index (χ1n) is 15.0. The van der Waals surface area contributed by atoms with Crippen molar-refractivity contribution in [3.63, 3.8) is 0 Å². The first-order valence-corrected chi connectivity index (χ1v) is 15.0. The fourth-order valence-electron chi connectivity index (χ4n) is 4.59. The molecule has 42 heavy (non-hydrogen) atoms. The molecule has 0 saturated heterocycles. The summed E-state index contributed by atoms with van der Waals surface area (Å²) in [6.45, 7) is 6.45. The van der Waals surface area contributed by atoms with Crippen LogP contribution in [0, 0.1) is 0 Å². The number of carbonyl (C=O) groups is 1. The van der Waals surface area contributed by atoms with Gasteiger partial charge in [0.15, 0.2) is 0 Å². The van der Waals surface area contributed by atoms with Crippen LogP contribution in [0.4, 0.5) is 0 Å². The third kappa shape index (κ3) is 11.7. The van der Waals surface area contributed by atoms with Crippen molar-refractivity contribution in [3.8, 4) is 0 Å². The molecule has 0 saturated carbocycles. The van der Waals surface area contributed by atoms with Crippen LogP contribution in [0.15, 0.2) is 91.0 Å².